The molecule has 0 spiro atoms. The number of aliphatic hydroxyl groups is 1. The van der Waals surface area contributed by atoms with Crippen LogP contribution in [0.25, 0.3) is 0 Å². The second-order valence-electron chi connectivity index (χ2n) is 3.75. The Morgan fingerprint density at radius 3 is 2.83 bits per heavy atom. The third kappa shape index (κ3) is 2.62. The highest BCUT2D eigenvalue weighted by Gasteiger charge is 2.10. The van der Waals surface area contributed by atoms with Crippen molar-refractivity contribution in [3.8, 4) is 0 Å². The minimum Gasteiger partial charge on any atom is -0.390 e. The molecule has 4 nitrogen and oxygen atoms in total. The Morgan fingerprint density at radius 2 is 2.17 bits per heavy atom. The number of anilines is 2. The van der Waals surface area contributed by atoms with Gasteiger partial charge in [0.15, 0.2) is 5.82 Å². The van der Waals surface area contributed by atoms with Crippen LogP contribution < -0.4 is 4.90 Å². The molecule has 1 aromatic carbocycles. The molecule has 2 aromatic rings. The summed E-state index contributed by atoms with van der Waals surface area (Å²) in [6, 6.07) is 6.29. The van der Waals surface area contributed by atoms with E-state index in [2.05, 4.69) is 9.97 Å². The van der Waals surface area contributed by atoms with E-state index in [0.29, 0.717) is 23.7 Å². The normalized spacial score (nSPS) is 10.4. The molecular weight excluding hydrogens is 233 g/mol. The number of benzene rings is 1. The fourth-order valence-corrected chi connectivity index (χ4v) is 1.72. The molecule has 2 rings (SSSR count). The number of hydrogen-bond donors (Lipinski definition) is 1. The lowest BCUT2D eigenvalue weighted by Crippen LogP contribution is -2.18. The molecule has 1 heterocycles. The van der Waals surface area contributed by atoms with Gasteiger partial charge in [-0.05, 0) is 25.1 Å². The van der Waals surface area contributed by atoms with Gasteiger partial charge in [-0.25, -0.2) is 9.37 Å². The van der Waals surface area contributed by atoms with Crippen LogP contribution in [0.1, 0.15) is 12.6 Å². The Labute approximate surface area is 105 Å². The molecule has 0 saturated heterocycles. The lowest BCUT2D eigenvalue weighted by Gasteiger charge is -2.22. The van der Waals surface area contributed by atoms with Crippen molar-refractivity contribution in [2.45, 2.75) is 13.5 Å². The molecule has 5 heteroatoms. The second-order valence-corrected chi connectivity index (χ2v) is 3.75. The molecule has 94 valence electrons. The van der Waals surface area contributed by atoms with Gasteiger partial charge in [-0.3, -0.25) is 4.98 Å². The Morgan fingerprint density at radius 1 is 1.33 bits per heavy atom. The number of aliphatic hydroxyl groups excluding tert-OH is 1. The van der Waals surface area contributed by atoms with Crippen LogP contribution in [0.15, 0.2) is 36.7 Å². The number of nitrogens with zero attached hydrogens (tertiary/aromatic N) is 3. The van der Waals surface area contributed by atoms with Crippen molar-refractivity contribution in [3.63, 3.8) is 0 Å². The maximum absolute atomic E-state index is 13.2. The van der Waals surface area contributed by atoms with E-state index in [9.17, 15) is 4.39 Å². The van der Waals surface area contributed by atoms with Crippen LogP contribution in [0.5, 0.6) is 0 Å². The molecule has 0 aliphatic carbocycles. The van der Waals surface area contributed by atoms with Gasteiger partial charge in [0.2, 0.25) is 0 Å². The van der Waals surface area contributed by atoms with E-state index in [0.717, 1.165) is 0 Å². The summed E-state index contributed by atoms with van der Waals surface area (Å²) in [5.41, 5.74) is 1.20. The van der Waals surface area contributed by atoms with Crippen molar-refractivity contribution in [3.05, 3.63) is 48.2 Å². The van der Waals surface area contributed by atoms with Crippen molar-refractivity contribution in [2.75, 3.05) is 11.4 Å². The van der Waals surface area contributed by atoms with Crippen LogP contribution in [0.4, 0.5) is 15.9 Å². The van der Waals surface area contributed by atoms with Gasteiger partial charge in [0.25, 0.3) is 0 Å². The van der Waals surface area contributed by atoms with Gasteiger partial charge in [0.1, 0.15) is 5.82 Å². The quantitative estimate of drug-likeness (QED) is 0.900. The van der Waals surface area contributed by atoms with Gasteiger partial charge in [0, 0.05) is 12.2 Å². The second kappa shape index (κ2) is 5.55. The first kappa shape index (κ1) is 12.4. The van der Waals surface area contributed by atoms with Crippen LogP contribution in [0.2, 0.25) is 0 Å². The minimum atomic E-state index is -0.294. The molecule has 0 radical (unpaired) electrons. The van der Waals surface area contributed by atoms with E-state index in [1.165, 1.54) is 18.3 Å². The van der Waals surface area contributed by atoms with Crippen molar-refractivity contribution >= 4 is 11.5 Å². The first-order valence-electron chi connectivity index (χ1n) is 5.69. The van der Waals surface area contributed by atoms with Crippen LogP contribution >= 0.6 is 0 Å². The third-order valence-electron chi connectivity index (χ3n) is 2.55. The van der Waals surface area contributed by atoms with E-state index >= 15 is 0 Å². The standard InChI is InChI=1S/C13H14FN3O/c1-2-17(12-5-3-4-10(14)6-12)13-8-15-7-11(9-18)16-13/h3-8,18H,2,9H2,1H3. The average molecular weight is 247 g/mol. The molecule has 1 aromatic heterocycles. The van der Waals surface area contributed by atoms with Crippen molar-refractivity contribution in [1.82, 2.24) is 9.97 Å². The first-order valence-corrected chi connectivity index (χ1v) is 5.69. The first-order chi connectivity index (χ1) is 8.74. The zero-order chi connectivity index (χ0) is 13.0. The Hall–Kier alpha value is -2.01. The smallest absolute Gasteiger partial charge is 0.151 e. The summed E-state index contributed by atoms with van der Waals surface area (Å²) in [4.78, 5) is 10.1. The van der Waals surface area contributed by atoms with Crippen molar-refractivity contribution in [2.24, 2.45) is 0 Å². The molecule has 0 aliphatic rings. The number of rotatable bonds is 4. The lowest BCUT2D eigenvalue weighted by molar-refractivity contribution is 0.276. The summed E-state index contributed by atoms with van der Waals surface area (Å²) in [6.45, 7) is 2.41. The summed E-state index contributed by atoms with van der Waals surface area (Å²) in [5, 5.41) is 9.05. The fraction of sp³-hybridized carbons (Fsp3) is 0.231. The van der Waals surface area contributed by atoms with Gasteiger partial charge < -0.3 is 10.0 Å². The predicted octanol–water partition coefficient (Wildman–Crippen LogP) is 2.27. The summed E-state index contributed by atoms with van der Waals surface area (Å²) < 4.78 is 13.2. The predicted molar refractivity (Wildman–Crippen MR) is 67.0 cm³/mol. The van der Waals surface area contributed by atoms with Gasteiger partial charge in [-0.15, -0.1) is 0 Å². The van der Waals surface area contributed by atoms with E-state index in [1.54, 1.807) is 18.3 Å². The zero-order valence-electron chi connectivity index (χ0n) is 10.0. The van der Waals surface area contributed by atoms with Gasteiger partial charge in [0.05, 0.1) is 24.7 Å². The number of hydrogen-bond acceptors (Lipinski definition) is 4. The highest BCUT2D eigenvalue weighted by molar-refractivity contribution is 5.59. The molecule has 0 atom stereocenters. The largest absolute Gasteiger partial charge is 0.390 e. The molecular formula is C13H14FN3O. The molecule has 0 aliphatic heterocycles. The van der Waals surface area contributed by atoms with E-state index in [1.807, 2.05) is 11.8 Å². The van der Waals surface area contributed by atoms with Crippen molar-refractivity contribution < 1.29 is 9.50 Å². The van der Waals surface area contributed by atoms with Crippen LogP contribution in [-0.4, -0.2) is 21.6 Å². The van der Waals surface area contributed by atoms with Gasteiger partial charge in [-0.2, -0.15) is 0 Å². The van der Waals surface area contributed by atoms with E-state index in [-0.39, 0.29) is 12.4 Å². The molecule has 1 N–H and O–H groups in total. The Balaban J connectivity index is 2.38. The fourth-order valence-electron chi connectivity index (χ4n) is 1.72. The molecule has 0 bridgehead atoms. The number of halogens is 1. The summed E-state index contributed by atoms with van der Waals surface area (Å²) in [5.74, 6) is 0.298. The highest BCUT2D eigenvalue weighted by Crippen LogP contribution is 2.23. The SMILES string of the molecule is CCN(c1cccc(F)c1)c1cncc(CO)n1. The summed E-state index contributed by atoms with van der Waals surface area (Å²) >= 11 is 0. The van der Waals surface area contributed by atoms with Gasteiger partial charge >= 0.3 is 0 Å². The maximum Gasteiger partial charge on any atom is 0.151 e. The summed E-state index contributed by atoms with van der Waals surface area (Å²) in [7, 11) is 0. The molecule has 0 saturated carbocycles. The molecule has 0 unspecified atom stereocenters. The van der Waals surface area contributed by atoms with Crippen LogP contribution in [-0.2, 0) is 6.61 Å². The van der Waals surface area contributed by atoms with Gasteiger partial charge in [-0.1, -0.05) is 6.07 Å². The highest BCUT2D eigenvalue weighted by atomic mass is 19.1. The van der Waals surface area contributed by atoms with Crippen molar-refractivity contribution in [1.29, 1.82) is 0 Å². The molecule has 0 amide bonds. The summed E-state index contributed by atoms with van der Waals surface area (Å²) in [6.07, 6.45) is 3.09. The maximum atomic E-state index is 13.2. The molecule has 0 fully saturated rings. The van der Waals surface area contributed by atoms with Crippen LogP contribution in [0, 0.1) is 5.82 Å². The Kier molecular flexibility index (Phi) is 3.84. The van der Waals surface area contributed by atoms with E-state index in [4.69, 9.17) is 5.11 Å². The Bertz CT molecular complexity index is 533. The monoisotopic (exact) mass is 247 g/mol. The average Bonchev–Trinajstić information content (AvgIpc) is 2.40. The third-order valence-corrected chi connectivity index (χ3v) is 2.55. The lowest BCUT2D eigenvalue weighted by atomic mass is 10.2. The number of aromatic nitrogens is 2. The minimum absolute atomic E-state index is 0.165. The zero-order valence-corrected chi connectivity index (χ0v) is 10.0. The molecule has 18 heavy (non-hydrogen) atoms. The van der Waals surface area contributed by atoms with E-state index < -0.39 is 0 Å². The topological polar surface area (TPSA) is 49.2 Å². The van der Waals surface area contributed by atoms with Crippen LogP contribution in [0.3, 0.4) is 0 Å².